The number of pyridine rings is 1. The molecule has 4 rings (SSSR count). The molecule has 0 aromatic carbocycles. The first kappa shape index (κ1) is 18.5. The van der Waals surface area contributed by atoms with Crippen LogP contribution in [0.4, 0.5) is 0 Å². The third-order valence-corrected chi connectivity index (χ3v) is 7.09. The van der Waals surface area contributed by atoms with Crippen LogP contribution in [0.3, 0.4) is 0 Å². The number of amides is 1. The van der Waals surface area contributed by atoms with Crippen molar-refractivity contribution in [1.82, 2.24) is 19.8 Å². The van der Waals surface area contributed by atoms with Crippen molar-refractivity contribution in [2.75, 3.05) is 27.2 Å². The van der Waals surface area contributed by atoms with Gasteiger partial charge in [-0.25, -0.2) is 9.97 Å². The van der Waals surface area contributed by atoms with Crippen molar-refractivity contribution in [1.29, 1.82) is 0 Å². The summed E-state index contributed by atoms with van der Waals surface area (Å²) >= 11 is 3.25. The number of hydrogen-bond donors (Lipinski definition) is 0. The Hall–Kier alpha value is -1.83. The highest BCUT2D eigenvalue weighted by molar-refractivity contribution is 7.20. The van der Waals surface area contributed by atoms with Crippen molar-refractivity contribution in [2.45, 2.75) is 32.2 Å². The van der Waals surface area contributed by atoms with Crippen LogP contribution in [0, 0.1) is 6.92 Å². The number of aryl methyl sites for hydroxylation is 1. The van der Waals surface area contributed by atoms with Gasteiger partial charge in [0.15, 0.2) is 0 Å². The van der Waals surface area contributed by atoms with Gasteiger partial charge in [0.2, 0.25) is 0 Å². The van der Waals surface area contributed by atoms with Gasteiger partial charge in [0, 0.05) is 37.6 Å². The Morgan fingerprint density at radius 3 is 2.78 bits per heavy atom. The highest BCUT2D eigenvalue weighted by Crippen LogP contribution is 2.40. The number of thiazole rings is 1. The van der Waals surface area contributed by atoms with Crippen LogP contribution in [-0.4, -0.2) is 52.9 Å². The Morgan fingerprint density at radius 1 is 1.33 bits per heavy atom. The summed E-state index contributed by atoms with van der Waals surface area (Å²) in [5.74, 6) is 0.503. The molecule has 0 unspecified atom stereocenters. The van der Waals surface area contributed by atoms with Crippen LogP contribution >= 0.6 is 22.7 Å². The molecule has 0 spiro atoms. The van der Waals surface area contributed by atoms with E-state index in [1.54, 1.807) is 16.2 Å². The van der Waals surface area contributed by atoms with Crippen molar-refractivity contribution < 1.29 is 4.79 Å². The maximum absolute atomic E-state index is 12.8. The van der Waals surface area contributed by atoms with Gasteiger partial charge in [0.25, 0.3) is 5.91 Å². The van der Waals surface area contributed by atoms with Crippen LogP contribution < -0.4 is 0 Å². The molecule has 1 fully saturated rings. The van der Waals surface area contributed by atoms with Gasteiger partial charge in [0.05, 0.1) is 15.6 Å². The monoisotopic (exact) mass is 400 g/mol. The van der Waals surface area contributed by atoms with Crippen molar-refractivity contribution in [2.24, 2.45) is 0 Å². The molecule has 0 aliphatic carbocycles. The molecule has 1 aliphatic heterocycles. The fraction of sp³-hybridized carbons (Fsp3) is 0.450. The van der Waals surface area contributed by atoms with Gasteiger partial charge in [-0.15, -0.1) is 22.7 Å². The zero-order valence-electron chi connectivity index (χ0n) is 15.9. The molecular weight excluding hydrogens is 376 g/mol. The van der Waals surface area contributed by atoms with E-state index in [9.17, 15) is 4.79 Å². The van der Waals surface area contributed by atoms with E-state index in [4.69, 9.17) is 0 Å². The maximum atomic E-state index is 12.8. The summed E-state index contributed by atoms with van der Waals surface area (Å²) in [4.78, 5) is 27.9. The quantitative estimate of drug-likeness (QED) is 0.660. The van der Waals surface area contributed by atoms with Crippen LogP contribution in [0.5, 0.6) is 0 Å². The van der Waals surface area contributed by atoms with Gasteiger partial charge < -0.3 is 4.90 Å². The molecule has 0 N–H and O–H groups in total. The smallest absolute Gasteiger partial charge is 0.263 e. The van der Waals surface area contributed by atoms with E-state index >= 15 is 0 Å². The molecule has 0 radical (unpaired) electrons. The molecule has 1 amide bonds. The molecule has 142 valence electrons. The molecule has 0 saturated carbocycles. The van der Waals surface area contributed by atoms with E-state index in [0.29, 0.717) is 5.92 Å². The van der Waals surface area contributed by atoms with Gasteiger partial charge in [-0.2, -0.15) is 0 Å². The minimum atomic E-state index is 0.0911. The average molecular weight is 401 g/mol. The molecule has 1 aliphatic rings. The predicted molar refractivity (Wildman–Crippen MR) is 112 cm³/mol. The van der Waals surface area contributed by atoms with Crippen molar-refractivity contribution in [3.63, 3.8) is 0 Å². The van der Waals surface area contributed by atoms with E-state index in [1.165, 1.54) is 22.6 Å². The number of rotatable bonds is 4. The summed E-state index contributed by atoms with van der Waals surface area (Å²) in [5.41, 5.74) is 2.38. The number of hydrogen-bond acceptors (Lipinski definition) is 6. The molecular formula is C20H24N4OS2. The summed E-state index contributed by atoms with van der Waals surface area (Å²) in [6.45, 7) is 5.05. The van der Waals surface area contributed by atoms with Crippen LogP contribution in [0.2, 0.25) is 0 Å². The molecule has 3 aromatic rings. The lowest BCUT2D eigenvalue weighted by Gasteiger charge is -2.32. The minimum Gasteiger partial charge on any atom is -0.344 e. The number of carbonyl (C=O) groups excluding carboxylic acids is 1. The fourth-order valence-corrected chi connectivity index (χ4v) is 5.66. The van der Waals surface area contributed by atoms with Crippen molar-refractivity contribution in [3.05, 3.63) is 44.9 Å². The normalized spacial score (nSPS) is 16.1. The largest absolute Gasteiger partial charge is 0.344 e. The Labute approximate surface area is 167 Å². The highest BCUT2D eigenvalue weighted by Gasteiger charge is 2.29. The van der Waals surface area contributed by atoms with Gasteiger partial charge in [0.1, 0.15) is 4.83 Å². The highest BCUT2D eigenvalue weighted by atomic mass is 32.1. The second-order valence-corrected chi connectivity index (χ2v) is 9.37. The predicted octanol–water partition coefficient (Wildman–Crippen LogP) is 4.14. The molecule has 0 atom stereocenters. The number of thiophene rings is 1. The second-order valence-electron chi connectivity index (χ2n) is 7.31. The number of fused-ring (bicyclic) bond motifs is 1. The zero-order chi connectivity index (χ0) is 19.0. The molecule has 0 bridgehead atoms. The Morgan fingerprint density at radius 2 is 2.11 bits per heavy atom. The van der Waals surface area contributed by atoms with Crippen molar-refractivity contribution in [3.8, 4) is 0 Å². The summed E-state index contributed by atoms with van der Waals surface area (Å²) < 4.78 is 0. The topological polar surface area (TPSA) is 49.3 Å². The maximum Gasteiger partial charge on any atom is 0.263 e. The van der Waals surface area contributed by atoms with Crippen LogP contribution in [0.1, 0.15) is 44.7 Å². The summed E-state index contributed by atoms with van der Waals surface area (Å²) in [6.07, 6.45) is 3.94. The zero-order valence-corrected chi connectivity index (χ0v) is 17.6. The summed E-state index contributed by atoms with van der Waals surface area (Å²) in [6, 6.07) is 4.09. The molecule has 3 aromatic heterocycles. The van der Waals surface area contributed by atoms with Gasteiger partial charge in [-0.05, 0) is 50.4 Å². The van der Waals surface area contributed by atoms with Crippen LogP contribution in [0.15, 0.2) is 23.7 Å². The van der Waals surface area contributed by atoms with Gasteiger partial charge in [-0.3, -0.25) is 9.69 Å². The van der Waals surface area contributed by atoms with Crippen molar-refractivity contribution >= 4 is 38.8 Å². The number of aromatic nitrogens is 2. The number of piperidine rings is 1. The van der Waals surface area contributed by atoms with E-state index in [1.807, 2.05) is 26.4 Å². The van der Waals surface area contributed by atoms with E-state index < -0.39 is 0 Å². The van der Waals surface area contributed by atoms with Gasteiger partial charge in [-0.1, -0.05) is 6.07 Å². The lowest BCUT2D eigenvalue weighted by Crippen LogP contribution is -2.33. The summed E-state index contributed by atoms with van der Waals surface area (Å²) in [5, 5.41) is 4.44. The first-order chi connectivity index (χ1) is 13.0. The minimum absolute atomic E-state index is 0.0911. The number of likely N-dealkylation sites (tertiary alicyclic amines) is 1. The Balaban J connectivity index is 1.56. The molecule has 5 nitrogen and oxygen atoms in total. The van der Waals surface area contributed by atoms with Crippen LogP contribution in [-0.2, 0) is 6.54 Å². The molecule has 27 heavy (non-hydrogen) atoms. The third-order valence-electron chi connectivity index (χ3n) is 5.15. The molecule has 7 heteroatoms. The summed E-state index contributed by atoms with van der Waals surface area (Å²) in [7, 11) is 3.64. The van der Waals surface area contributed by atoms with Crippen LogP contribution in [0.25, 0.3) is 10.2 Å². The number of carbonyl (C=O) groups is 1. The lowest BCUT2D eigenvalue weighted by molar-refractivity contribution is 0.0830. The van der Waals surface area contributed by atoms with Gasteiger partial charge >= 0.3 is 0 Å². The lowest BCUT2D eigenvalue weighted by atomic mass is 9.87. The molecule has 1 saturated heterocycles. The second kappa shape index (κ2) is 7.66. The third kappa shape index (κ3) is 3.77. The van der Waals surface area contributed by atoms with E-state index in [0.717, 1.165) is 52.6 Å². The first-order valence-corrected chi connectivity index (χ1v) is 10.9. The standard InChI is InChI=1S/C20H24N4OS2/c1-13-22-15(12-26-13)11-24-9-6-14(7-10-24)17-16-5-4-8-21-19(16)27-18(17)20(25)23(2)3/h4-5,8,12,14H,6-7,9-11H2,1-3H3. The number of nitrogens with zero attached hydrogens (tertiary/aromatic N) is 4. The average Bonchev–Trinajstić information content (AvgIpc) is 3.25. The van der Waals surface area contributed by atoms with E-state index in [-0.39, 0.29) is 5.91 Å². The Kier molecular flexibility index (Phi) is 5.25. The SMILES string of the molecule is Cc1nc(CN2CCC(c3c(C(=O)N(C)C)sc4ncccc34)CC2)cs1. The first-order valence-electron chi connectivity index (χ1n) is 9.25. The molecule has 4 heterocycles. The Bertz CT molecular complexity index is 954. The van der Waals surface area contributed by atoms with E-state index in [2.05, 4.69) is 33.2 Å². The fourth-order valence-electron chi connectivity index (χ4n) is 3.81.